The highest BCUT2D eigenvalue weighted by molar-refractivity contribution is 14.1. The van der Waals surface area contributed by atoms with Crippen LogP contribution in [0.3, 0.4) is 0 Å². The molecule has 6 heteroatoms. The van der Waals surface area contributed by atoms with Crippen molar-refractivity contribution in [3.8, 4) is 5.75 Å². The molecule has 1 aromatic heterocycles. The Kier molecular flexibility index (Phi) is 4.46. The Morgan fingerprint density at radius 1 is 1.42 bits per heavy atom. The summed E-state index contributed by atoms with van der Waals surface area (Å²) in [5, 5.41) is 0.450. The summed E-state index contributed by atoms with van der Waals surface area (Å²) in [4.78, 5) is 4.00. The number of benzene rings is 1. The molecule has 2 rings (SSSR count). The largest absolute Gasteiger partial charge is 0.482 e. The molecule has 0 spiro atoms. The molecule has 0 aliphatic rings. The van der Waals surface area contributed by atoms with Crippen molar-refractivity contribution in [3.05, 3.63) is 50.4 Å². The summed E-state index contributed by atoms with van der Waals surface area (Å²) in [6.45, 7) is 1.78. The standard InChI is InChI=1S/C13H11ClFIN2O/c1-7(10-4-8(15)2-3-11(10)14)19-12-5-9(16)6-18-13(12)17/h2-7H,1H3,(H2,17,18). The SMILES string of the molecule is CC(Oc1cc(I)cnc1N)c1cc(F)ccc1Cl. The van der Waals surface area contributed by atoms with Crippen molar-refractivity contribution >= 4 is 40.0 Å². The molecule has 1 aromatic carbocycles. The molecule has 0 bridgehead atoms. The van der Waals surface area contributed by atoms with E-state index in [1.807, 2.05) is 0 Å². The summed E-state index contributed by atoms with van der Waals surface area (Å²) < 4.78 is 19.8. The molecule has 2 aromatic rings. The maximum Gasteiger partial charge on any atom is 0.166 e. The number of nitrogens with two attached hydrogens (primary N) is 1. The van der Waals surface area contributed by atoms with Crippen LogP contribution in [0.15, 0.2) is 30.5 Å². The summed E-state index contributed by atoms with van der Waals surface area (Å²) in [5.41, 5.74) is 6.31. The lowest BCUT2D eigenvalue weighted by atomic mass is 10.1. The molecular weight excluding hydrogens is 382 g/mol. The van der Waals surface area contributed by atoms with Crippen molar-refractivity contribution in [2.24, 2.45) is 0 Å². The third kappa shape index (κ3) is 3.48. The number of nitrogen functional groups attached to an aromatic ring is 1. The van der Waals surface area contributed by atoms with E-state index in [-0.39, 0.29) is 5.82 Å². The number of hydrogen-bond acceptors (Lipinski definition) is 3. The number of aromatic nitrogens is 1. The van der Waals surface area contributed by atoms with Gasteiger partial charge in [-0.25, -0.2) is 9.37 Å². The van der Waals surface area contributed by atoms with Gasteiger partial charge in [0.2, 0.25) is 0 Å². The fourth-order valence-electron chi connectivity index (χ4n) is 1.61. The van der Waals surface area contributed by atoms with Crippen LogP contribution >= 0.6 is 34.2 Å². The molecule has 0 aliphatic heterocycles. The number of nitrogens with zero attached hydrogens (tertiary/aromatic N) is 1. The van der Waals surface area contributed by atoms with Gasteiger partial charge in [0.25, 0.3) is 0 Å². The topological polar surface area (TPSA) is 48.1 Å². The third-order valence-corrected chi connectivity index (χ3v) is 3.48. The molecule has 1 atom stereocenters. The number of rotatable bonds is 3. The summed E-state index contributed by atoms with van der Waals surface area (Å²) in [6, 6.07) is 5.93. The minimum atomic E-state index is -0.425. The van der Waals surface area contributed by atoms with Crippen LogP contribution in [-0.4, -0.2) is 4.98 Å². The van der Waals surface area contributed by atoms with Crippen molar-refractivity contribution in [2.75, 3.05) is 5.73 Å². The molecule has 100 valence electrons. The minimum absolute atomic E-state index is 0.291. The van der Waals surface area contributed by atoms with E-state index >= 15 is 0 Å². The van der Waals surface area contributed by atoms with E-state index in [1.54, 1.807) is 19.2 Å². The monoisotopic (exact) mass is 392 g/mol. The maximum absolute atomic E-state index is 13.2. The lowest BCUT2D eigenvalue weighted by Crippen LogP contribution is -2.07. The summed E-state index contributed by atoms with van der Waals surface area (Å²) >= 11 is 8.14. The van der Waals surface area contributed by atoms with Crippen LogP contribution in [0, 0.1) is 9.39 Å². The smallest absolute Gasteiger partial charge is 0.166 e. The first-order chi connectivity index (χ1) is 8.97. The van der Waals surface area contributed by atoms with E-state index in [1.165, 1.54) is 18.2 Å². The van der Waals surface area contributed by atoms with E-state index < -0.39 is 6.10 Å². The van der Waals surface area contributed by atoms with Gasteiger partial charge in [0, 0.05) is 20.4 Å². The molecule has 0 radical (unpaired) electrons. The van der Waals surface area contributed by atoms with Crippen LogP contribution in [0.5, 0.6) is 5.75 Å². The van der Waals surface area contributed by atoms with Gasteiger partial charge in [0.1, 0.15) is 11.9 Å². The normalized spacial score (nSPS) is 12.2. The highest BCUT2D eigenvalue weighted by Crippen LogP contribution is 2.30. The van der Waals surface area contributed by atoms with Gasteiger partial charge in [-0.15, -0.1) is 0 Å². The van der Waals surface area contributed by atoms with E-state index in [4.69, 9.17) is 22.1 Å². The zero-order chi connectivity index (χ0) is 14.0. The predicted octanol–water partition coefficient (Wildman–Crippen LogP) is 4.20. The van der Waals surface area contributed by atoms with Crippen LogP contribution in [0.1, 0.15) is 18.6 Å². The second-order valence-electron chi connectivity index (χ2n) is 3.96. The Hall–Kier alpha value is -1.08. The highest BCUT2D eigenvalue weighted by atomic mass is 127. The Morgan fingerprint density at radius 3 is 2.89 bits per heavy atom. The Labute approximate surface area is 129 Å². The van der Waals surface area contributed by atoms with E-state index in [9.17, 15) is 4.39 Å². The lowest BCUT2D eigenvalue weighted by molar-refractivity contribution is 0.227. The lowest BCUT2D eigenvalue weighted by Gasteiger charge is -2.17. The average Bonchev–Trinajstić information content (AvgIpc) is 2.36. The van der Waals surface area contributed by atoms with Gasteiger partial charge in [0.15, 0.2) is 11.6 Å². The summed E-state index contributed by atoms with van der Waals surface area (Å²) in [6.07, 6.45) is 1.22. The summed E-state index contributed by atoms with van der Waals surface area (Å²) in [5.74, 6) is 0.392. The number of anilines is 1. The van der Waals surface area contributed by atoms with Crippen LogP contribution in [-0.2, 0) is 0 Å². The van der Waals surface area contributed by atoms with Gasteiger partial charge in [-0.05, 0) is 53.8 Å². The molecule has 19 heavy (non-hydrogen) atoms. The number of pyridine rings is 1. The van der Waals surface area contributed by atoms with Crippen molar-refractivity contribution in [1.29, 1.82) is 0 Å². The molecule has 0 amide bonds. The molecule has 0 saturated heterocycles. The van der Waals surface area contributed by atoms with Gasteiger partial charge >= 0.3 is 0 Å². The maximum atomic E-state index is 13.2. The van der Waals surface area contributed by atoms with Gasteiger partial charge < -0.3 is 10.5 Å². The molecule has 0 saturated carbocycles. The molecule has 3 nitrogen and oxygen atoms in total. The van der Waals surface area contributed by atoms with Crippen LogP contribution in [0.4, 0.5) is 10.2 Å². The molecule has 0 aliphatic carbocycles. The number of ether oxygens (including phenoxy) is 1. The second-order valence-corrected chi connectivity index (χ2v) is 5.62. The van der Waals surface area contributed by atoms with Crippen LogP contribution in [0.2, 0.25) is 5.02 Å². The number of hydrogen-bond donors (Lipinski definition) is 1. The van der Waals surface area contributed by atoms with Gasteiger partial charge in [-0.2, -0.15) is 0 Å². The second kappa shape index (κ2) is 5.92. The van der Waals surface area contributed by atoms with Crippen LogP contribution in [0.25, 0.3) is 0 Å². The Morgan fingerprint density at radius 2 is 2.16 bits per heavy atom. The molecule has 0 fully saturated rings. The van der Waals surface area contributed by atoms with E-state index in [0.29, 0.717) is 22.2 Å². The first-order valence-corrected chi connectivity index (χ1v) is 6.95. The van der Waals surface area contributed by atoms with Crippen molar-refractivity contribution in [1.82, 2.24) is 4.98 Å². The van der Waals surface area contributed by atoms with Gasteiger partial charge in [-0.1, -0.05) is 11.6 Å². The first-order valence-electron chi connectivity index (χ1n) is 5.50. The molecule has 1 unspecified atom stereocenters. The number of halogens is 3. The molecule has 1 heterocycles. The zero-order valence-electron chi connectivity index (χ0n) is 10.0. The van der Waals surface area contributed by atoms with Gasteiger partial charge in [0.05, 0.1) is 0 Å². The quantitative estimate of drug-likeness (QED) is 0.797. The fraction of sp³-hybridized carbons (Fsp3) is 0.154. The van der Waals surface area contributed by atoms with Crippen molar-refractivity contribution in [2.45, 2.75) is 13.0 Å². The van der Waals surface area contributed by atoms with Crippen molar-refractivity contribution < 1.29 is 9.13 Å². The summed E-state index contributed by atoms with van der Waals surface area (Å²) in [7, 11) is 0. The predicted molar refractivity (Wildman–Crippen MR) is 81.8 cm³/mol. The minimum Gasteiger partial charge on any atom is -0.482 e. The zero-order valence-corrected chi connectivity index (χ0v) is 12.9. The van der Waals surface area contributed by atoms with Crippen LogP contribution < -0.4 is 10.5 Å². The Balaban J connectivity index is 2.27. The van der Waals surface area contributed by atoms with Gasteiger partial charge in [-0.3, -0.25) is 0 Å². The van der Waals surface area contributed by atoms with E-state index in [0.717, 1.165) is 3.57 Å². The third-order valence-electron chi connectivity index (χ3n) is 2.55. The van der Waals surface area contributed by atoms with E-state index in [2.05, 4.69) is 27.6 Å². The average molecular weight is 393 g/mol. The first kappa shape index (κ1) is 14.3. The highest BCUT2D eigenvalue weighted by Gasteiger charge is 2.14. The fourth-order valence-corrected chi connectivity index (χ4v) is 2.30. The molecule has 2 N–H and O–H groups in total. The molecular formula is C13H11ClFIN2O. The Bertz CT molecular complexity index is 609. The van der Waals surface area contributed by atoms with Crippen molar-refractivity contribution in [3.63, 3.8) is 0 Å².